The minimum absolute atomic E-state index is 0.165. The summed E-state index contributed by atoms with van der Waals surface area (Å²) in [5.74, 6) is -0.301. The molecule has 0 fully saturated rings. The molecule has 0 atom stereocenters. The fourth-order valence-electron chi connectivity index (χ4n) is 4.85. The molecule has 5 aromatic rings. The number of fused-ring (bicyclic) bond motifs is 2. The first-order chi connectivity index (χ1) is 19.3. The summed E-state index contributed by atoms with van der Waals surface area (Å²) in [7, 11) is -3.79. The lowest BCUT2D eigenvalue weighted by molar-refractivity contribution is 0.102. The van der Waals surface area contributed by atoms with Gasteiger partial charge in [-0.25, -0.2) is 13.4 Å². The van der Waals surface area contributed by atoms with Gasteiger partial charge in [-0.1, -0.05) is 42.8 Å². The highest BCUT2D eigenvalue weighted by Gasteiger charge is 2.27. The van der Waals surface area contributed by atoms with Crippen LogP contribution in [-0.2, 0) is 23.0 Å². The summed E-state index contributed by atoms with van der Waals surface area (Å²) in [5, 5.41) is 4.82. The molecule has 1 aliphatic heterocycles. The van der Waals surface area contributed by atoms with Crippen LogP contribution in [0.1, 0.15) is 33.3 Å². The van der Waals surface area contributed by atoms with E-state index < -0.39 is 10.0 Å². The fraction of sp³-hybridized carbons (Fsp3) is 0.200. The monoisotopic (exact) mass is 588 g/mol. The van der Waals surface area contributed by atoms with Gasteiger partial charge in [-0.3, -0.25) is 14.4 Å². The second-order valence-corrected chi connectivity index (χ2v) is 13.6. The van der Waals surface area contributed by atoms with E-state index in [2.05, 4.69) is 27.9 Å². The first-order valence-corrected chi connectivity index (χ1v) is 16.2. The Morgan fingerprint density at radius 3 is 2.60 bits per heavy atom. The topological polar surface area (TPSA) is 91.4 Å². The summed E-state index contributed by atoms with van der Waals surface area (Å²) in [6.45, 7) is 6.85. The van der Waals surface area contributed by atoms with Gasteiger partial charge in [-0.2, -0.15) is 0 Å². The molecule has 0 radical (unpaired) electrons. The Hall–Kier alpha value is -3.57. The van der Waals surface area contributed by atoms with Crippen LogP contribution in [0.25, 0.3) is 20.8 Å². The zero-order valence-electron chi connectivity index (χ0n) is 22.1. The number of hydrogen-bond donors (Lipinski definition) is 2. The highest BCUT2D eigenvalue weighted by Crippen LogP contribution is 2.45. The number of nitrogens with one attached hydrogen (secondary N) is 2. The molecule has 0 aliphatic carbocycles. The Balaban J connectivity index is 1.31. The highest BCUT2D eigenvalue weighted by atomic mass is 32.2. The Morgan fingerprint density at radius 1 is 1.02 bits per heavy atom. The number of likely N-dealkylation sites (N-methyl/N-ethyl adjacent to an activating group) is 1. The van der Waals surface area contributed by atoms with Crippen LogP contribution in [-0.4, -0.2) is 37.3 Å². The van der Waals surface area contributed by atoms with Crippen molar-refractivity contribution in [3.63, 3.8) is 0 Å². The number of anilines is 2. The van der Waals surface area contributed by atoms with Crippen LogP contribution in [0.5, 0.6) is 0 Å². The van der Waals surface area contributed by atoms with Crippen LogP contribution in [0.15, 0.2) is 77.7 Å². The number of aromatic nitrogens is 1. The molecule has 1 aliphatic rings. The Labute approximate surface area is 241 Å². The zero-order chi connectivity index (χ0) is 27.9. The van der Waals surface area contributed by atoms with Gasteiger partial charge in [0.2, 0.25) is 0 Å². The molecule has 1 amide bonds. The number of aryl methyl sites for hydroxylation is 1. The molecular formula is C30H28N4O3S3. The number of carbonyl (C=O) groups excluding carboxylic acids is 1. The molecule has 0 saturated heterocycles. The largest absolute Gasteiger partial charge is 0.313 e. The van der Waals surface area contributed by atoms with E-state index in [1.54, 1.807) is 71.2 Å². The smallest absolute Gasteiger partial charge is 0.261 e. The second kappa shape index (κ2) is 10.8. The molecule has 0 spiro atoms. The number of thiazole rings is 1. The molecule has 40 heavy (non-hydrogen) atoms. The second-order valence-electron chi connectivity index (χ2n) is 9.77. The molecule has 2 N–H and O–H groups in total. The van der Waals surface area contributed by atoms with Gasteiger partial charge in [0.05, 0.1) is 15.1 Å². The molecule has 10 heteroatoms. The first kappa shape index (κ1) is 26.6. The molecule has 0 unspecified atom stereocenters. The summed E-state index contributed by atoms with van der Waals surface area (Å²) in [4.78, 5) is 22.2. The molecule has 7 nitrogen and oxygen atoms in total. The number of nitrogens with zero attached hydrogens (tertiary/aromatic N) is 2. The molecule has 0 saturated carbocycles. The quantitative estimate of drug-likeness (QED) is 0.219. The number of para-hydroxylation sites is 1. The number of sulfonamides is 1. The van der Waals surface area contributed by atoms with Crippen molar-refractivity contribution in [2.75, 3.05) is 23.1 Å². The summed E-state index contributed by atoms with van der Waals surface area (Å²) < 4.78 is 29.5. The zero-order valence-corrected chi connectivity index (χ0v) is 24.6. The van der Waals surface area contributed by atoms with Gasteiger partial charge in [0, 0.05) is 34.8 Å². The lowest BCUT2D eigenvalue weighted by atomic mass is 10.0. The molecule has 3 heterocycles. The van der Waals surface area contributed by atoms with Gasteiger partial charge >= 0.3 is 0 Å². The maximum atomic E-state index is 13.5. The van der Waals surface area contributed by atoms with Crippen LogP contribution < -0.4 is 10.0 Å². The average molecular weight is 589 g/mol. The lowest BCUT2D eigenvalue weighted by Gasteiger charge is -2.25. The van der Waals surface area contributed by atoms with E-state index in [-0.39, 0.29) is 10.8 Å². The summed E-state index contributed by atoms with van der Waals surface area (Å²) in [5.41, 5.74) is 4.86. The van der Waals surface area contributed by atoms with Crippen LogP contribution in [0.2, 0.25) is 0 Å². The average Bonchev–Trinajstić information content (AvgIpc) is 3.53. The Kier molecular flexibility index (Phi) is 7.18. The minimum atomic E-state index is -3.79. The number of amides is 1. The van der Waals surface area contributed by atoms with Crippen LogP contribution in [0, 0.1) is 6.92 Å². The van der Waals surface area contributed by atoms with E-state index in [4.69, 9.17) is 4.98 Å². The van der Waals surface area contributed by atoms with Crippen LogP contribution in [0.3, 0.4) is 0 Å². The Bertz CT molecular complexity index is 1790. The van der Waals surface area contributed by atoms with E-state index in [1.165, 1.54) is 10.4 Å². The van der Waals surface area contributed by atoms with E-state index in [0.29, 0.717) is 11.3 Å². The van der Waals surface area contributed by atoms with Crippen molar-refractivity contribution in [1.29, 1.82) is 0 Å². The summed E-state index contributed by atoms with van der Waals surface area (Å²) in [6, 6.07) is 21.3. The van der Waals surface area contributed by atoms with E-state index in [0.717, 1.165) is 57.4 Å². The molecule has 2 aromatic heterocycles. The maximum Gasteiger partial charge on any atom is 0.261 e. The number of benzene rings is 3. The van der Waals surface area contributed by atoms with Crippen molar-refractivity contribution in [2.24, 2.45) is 0 Å². The van der Waals surface area contributed by atoms with E-state index in [1.807, 2.05) is 25.1 Å². The maximum absolute atomic E-state index is 13.5. The minimum Gasteiger partial charge on any atom is -0.313 e. The lowest BCUT2D eigenvalue weighted by Crippen LogP contribution is -2.29. The third kappa shape index (κ3) is 5.27. The van der Waals surface area contributed by atoms with Crippen LogP contribution >= 0.6 is 22.7 Å². The number of hydrogen-bond acceptors (Lipinski definition) is 7. The predicted molar refractivity (Wildman–Crippen MR) is 164 cm³/mol. The highest BCUT2D eigenvalue weighted by molar-refractivity contribution is 7.92. The Morgan fingerprint density at radius 2 is 1.82 bits per heavy atom. The van der Waals surface area contributed by atoms with Gasteiger partial charge in [0.1, 0.15) is 10.0 Å². The molecule has 0 bridgehead atoms. The molecule has 6 rings (SSSR count). The van der Waals surface area contributed by atoms with Gasteiger partial charge < -0.3 is 5.32 Å². The van der Waals surface area contributed by atoms with Gasteiger partial charge in [0.15, 0.2) is 0 Å². The van der Waals surface area contributed by atoms with Crippen molar-refractivity contribution >= 4 is 59.5 Å². The number of thiophene rings is 1. The third-order valence-corrected chi connectivity index (χ3v) is 10.6. The predicted octanol–water partition coefficient (Wildman–Crippen LogP) is 6.76. The summed E-state index contributed by atoms with van der Waals surface area (Å²) in [6.07, 6.45) is 0.900. The van der Waals surface area contributed by atoms with Crippen LogP contribution in [0.4, 0.5) is 10.7 Å². The molecule has 3 aromatic carbocycles. The van der Waals surface area contributed by atoms with Gasteiger partial charge in [-0.15, -0.1) is 22.7 Å². The van der Waals surface area contributed by atoms with Gasteiger partial charge in [-0.05, 0) is 67.9 Å². The molecule has 204 valence electrons. The first-order valence-electron chi connectivity index (χ1n) is 13.0. The van der Waals surface area contributed by atoms with Crippen molar-refractivity contribution in [3.05, 3.63) is 94.4 Å². The van der Waals surface area contributed by atoms with Crippen molar-refractivity contribution in [2.45, 2.75) is 31.7 Å². The van der Waals surface area contributed by atoms with E-state index >= 15 is 0 Å². The normalized spacial score (nSPS) is 13.8. The number of carbonyl (C=O) groups is 1. The van der Waals surface area contributed by atoms with Crippen molar-refractivity contribution in [3.8, 4) is 10.6 Å². The summed E-state index contributed by atoms with van der Waals surface area (Å²) >= 11 is 3.24. The van der Waals surface area contributed by atoms with Crippen molar-refractivity contribution in [1.82, 2.24) is 9.88 Å². The van der Waals surface area contributed by atoms with E-state index in [9.17, 15) is 13.2 Å². The van der Waals surface area contributed by atoms with Crippen molar-refractivity contribution < 1.29 is 13.2 Å². The SMILES string of the molecule is CCN1CCc2c(sc(NC(=O)c3cccc(NS(=O)(=O)c4ccc(C)cc4)c3)c2-c2nc3ccccc3s2)C1. The third-order valence-electron chi connectivity index (χ3n) is 7.03. The standard InChI is InChI=1S/C30H28N4O3S3/c1-3-34-16-15-23-26(18-34)39-30(27(23)29-31-24-9-4-5-10-25(24)38-29)32-28(35)20-7-6-8-21(17-20)33-40(36,37)22-13-11-19(2)12-14-22/h4-14,17,33H,3,15-16,18H2,1-2H3,(H,32,35). The van der Waals surface area contributed by atoms with Gasteiger partial charge in [0.25, 0.3) is 15.9 Å². The number of rotatable bonds is 7. The molecular weight excluding hydrogens is 561 g/mol. The fourth-order valence-corrected chi connectivity index (χ4v) is 8.30.